The minimum Gasteiger partial charge on any atom is -0.423 e. The Morgan fingerprint density at radius 2 is 1.86 bits per heavy atom. The van der Waals surface area contributed by atoms with Gasteiger partial charge in [-0.25, -0.2) is 4.79 Å². The molecule has 0 radical (unpaired) electrons. The van der Waals surface area contributed by atoms with E-state index in [0.717, 1.165) is 5.56 Å². The van der Waals surface area contributed by atoms with Crippen molar-refractivity contribution >= 4 is 23.3 Å². The first-order valence-corrected chi connectivity index (χ1v) is 6.49. The number of nitro benzene ring substituents is 1. The van der Waals surface area contributed by atoms with Crippen LogP contribution in [0.3, 0.4) is 0 Å². The number of halogens is 1. The maximum atomic E-state index is 12.1. The van der Waals surface area contributed by atoms with Crippen molar-refractivity contribution in [3.63, 3.8) is 0 Å². The van der Waals surface area contributed by atoms with Crippen molar-refractivity contribution in [2.45, 2.75) is 13.8 Å². The summed E-state index contributed by atoms with van der Waals surface area (Å²) < 4.78 is 5.27. The number of nitrogens with zero attached hydrogens (tertiary/aromatic N) is 1. The molecule has 0 heterocycles. The van der Waals surface area contributed by atoms with E-state index in [0.29, 0.717) is 16.3 Å². The molecule has 21 heavy (non-hydrogen) atoms. The summed E-state index contributed by atoms with van der Waals surface area (Å²) >= 11 is 5.83. The number of benzene rings is 2. The highest BCUT2D eigenvalue weighted by atomic mass is 35.5. The third-order valence-electron chi connectivity index (χ3n) is 2.97. The van der Waals surface area contributed by atoms with Gasteiger partial charge < -0.3 is 4.74 Å². The number of ether oxygens (including phenoxy) is 1. The standard InChI is InChI=1S/C15H12ClNO4/c1-9-7-11(3-5-13(9)17(19)20)15(18)21-14-6-4-12(16)8-10(14)2/h3-8H,1-2H3. The lowest BCUT2D eigenvalue weighted by Gasteiger charge is -2.08. The largest absolute Gasteiger partial charge is 0.423 e. The van der Waals surface area contributed by atoms with E-state index in [1.165, 1.54) is 18.2 Å². The molecule has 6 heteroatoms. The van der Waals surface area contributed by atoms with Crippen molar-refractivity contribution in [1.82, 2.24) is 0 Å². The molecule has 0 aromatic heterocycles. The van der Waals surface area contributed by atoms with Gasteiger partial charge in [-0.05, 0) is 49.7 Å². The summed E-state index contributed by atoms with van der Waals surface area (Å²) in [6, 6.07) is 9.02. The van der Waals surface area contributed by atoms with Gasteiger partial charge in [-0.1, -0.05) is 11.6 Å². The van der Waals surface area contributed by atoms with Crippen LogP contribution < -0.4 is 4.74 Å². The Kier molecular flexibility index (Phi) is 4.23. The fraction of sp³-hybridized carbons (Fsp3) is 0.133. The second-order valence-corrected chi connectivity index (χ2v) is 4.99. The van der Waals surface area contributed by atoms with Gasteiger partial charge in [0.25, 0.3) is 5.69 Å². The Hall–Kier alpha value is -2.40. The van der Waals surface area contributed by atoms with Gasteiger partial charge in [-0.2, -0.15) is 0 Å². The van der Waals surface area contributed by atoms with Crippen LogP contribution in [0.4, 0.5) is 5.69 Å². The summed E-state index contributed by atoms with van der Waals surface area (Å²) in [6.45, 7) is 3.35. The highest BCUT2D eigenvalue weighted by Gasteiger charge is 2.15. The fourth-order valence-corrected chi connectivity index (χ4v) is 2.10. The van der Waals surface area contributed by atoms with Crippen molar-refractivity contribution < 1.29 is 14.5 Å². The predicted octanol–water partition coefficient (Wildman–Crippen LogP) is 4.08. The van der Waals surface area contributed by atoms with Crippen LogP contribution in [0, 0.1) is 24.0 Å². The van der Waals surface area contributed by atoms with Crippen LogP contribution in [0.5, 0.6) is 5.75 Å². The second-order valence-electron chi connectivity index (χ2n) is 4.56. The number of nitro groups is 1. The molecule has 2 aromatic carbocycles. The van der Waals surface area contributed by atoms with E-state index in [4.69, 9.17) is 16.3 Å². The van der Waals surface area contributed by atoms with Crippen molar-refractivity contribution in [2.24, 2.45) is 0 Å². The van der Waals surface area contributed by atoms with E-state index in [1.54, 1.807) is 32.0 Å². The van der Waals surface area contributed by atoms with Gasteiger partial charge in [0.2, 0.25) is 0 Å². The molecule has 0 bridgehead atoms. The molecule has 0 aliphatic heterocycles. The van der Waals surface area contributed by atoms with Gasteiger partial charge in [0.05, 0.1) is 10.5 Å². The molecule has 0 atom stereocenters. The molecule has 0 saturated carbocycles. The zero-order valence-electron chi connectivity index (χ0n) is 11.4. The molecule has 0 unspecified atom stereocenters. The average molecular weight is 306 g/mol. The average Bonchev–Trinajstić information content (AvgIpc) is 2.41. The van der Waals surface area contributed by atoms with Crippen LogP contribution in [-0.2, 0) is 0 Å². The second kappa shape index (κ2) is 5.93. The number of rotatable bonds is 3. The Labute approximate surface area is 126 Å². The van der Waals surface area contributed by atoms with E-state index in [9.17, 15) is 14.9 Å². The maximum Gasteiger partial charge on any atom is 0.343 e. The quantitative estimate of drug-likeness (QED) is 0.371. The van der Waals surface area contributed by atoms with E-state index >= 15 is 0 Å². The zero-order chi connectivity index (χ0) is 15.6. The molecule has 0 aliphatic carbocycles. The van der Waals surface area contributed by atoms with Gasteiger partial charge in [0, 0.05) is 16.7 Å². The Morgan fingerprint density at radius 1 is 1.14 bits per heavy atom. The first kappa shape index (κ1) is 15.0. The Balaban J connectivity index is 2.24. The lowest BCUT2D eigenvalue weighted by molar-refractivity contribution is -0.385. The Bertz CT molecular complexity index is 728. The van der Waals surface area contributed by atoms with Crippen LogP contribution in [0.15, 0.2) is 36.4 Å². The third kappa shape index (κ3) is 3.38. The van der Waals surface area contributed by atoms with Crippen LogP contribution >= 0.6 is 11.6 Å². The number of hydrogen-bond donors (Lipinski definition) is 0. The summed E-state index contributed by atoms with van der Waals surface area (Å²) in [5, 5.41) is 11.3. The first-order valence-electron chi connectivity index (χ1n) is 6.12. The zero-order valence-corrected chi connectivity index (χ0v) is 12.2. The van der Waals surface area contributed by atoms with Crippen LogP contribution in [0.25, 0.3) is 0 Å². The van der Waals surface area contributed by atoms with Crippen LogP contribution in [0.1, 0.15) is 21.5 Å². The SMILES string of the molecule is Cc1cc(Cl)ccc1OC(=O)c1ccc([N+](=O)[O-])c(C)c1. The summed E-state index contributed by atoms with van der Waals surface area (Å²) in [6.07, 6.45) is 0. The van der Waals surface area contributed by atoms with Gasteiger partial charge in [0.1, 0.15) is 5.75 Å². The number of carbonyl (C=O) groups is 1. The first-order chi connectivity index (χ1) is 9.88. The van der Waals surface area contributed by atoms with E-state index in [-0.39, 0.29) is 11.3 Å². The molecule has 0 N–H and O–H groups in total. The minimum absolute atomic E-state index is 0.0331. The lowest BCUT2D eigenvalue weighted by atomic mass is 10.1. The van der Waals surface area contributed by atoms with Crippen LogP contribution in [-0.4, -0.2) is 10.9 Å². The third-order valence-corrected chi connectivity index (χ3v) is 3.20. The molecule has 0 spiro atoms. The van der Waals surface area contributed by atoms with Gasteiger partial charge in [-0.3, -0.25) is 10.1 Å². The summed E-state index contributed by atoms with van der Waals surface area (Å²) in [5.74, 6) is -0.168. The molecule has 5 nitrogen and oxygen atoms in total. The molecule has 0 saturated heterocycles. The normalized spacial score (nSPS) is 10.2. The number of esters is 1. The lowest BCUT2D eigenvalue weighted by Crippen LogP contribution is -2.10. The topological polar surface area (TPSA) is 69.4 Å². The highest BCUT2D eigenvalue weighted by molar-refractivity contribution is 6.30. The van der Waals surface area contributed by atoms with E-state index in [1.807, 2.05) is 0 Å². The van der Waals surface area contributed by atoms with Gasteiger partial charge >= 0.3 is 5.97 Å². The molecule has 0 fully saturated rings. The molecule has 0 aliphatic rings. The van der Waals surface area contributed by atoms with Crippen molar-refractivity contribution in [3.8, 4) is 5.75 Å². The molecular weight excluding hydrogens is 294 g/mol. The maximum absolute atomic E-state index is 12.1. The molecule has 108 valence electrons. The van der Waals surface area contributed by atoms with Gasteiger partial charge in [-0.15, -0.1) is 0 Å². The molecular formula is C15H12ClNO4. The van der Waals surface area contributed by atoms with Crippen molar-refractivity contribution in [3.05, 3.63) is 68.2 Å². The summed E-state index contributed by atoms with van der Waals surface area (Å²) in [4.78, 5) is 22.3. The molecule has 0 amide bonds. The number of aryl methyl sites for hydroxylation is 2. The number of hydrogen-bond acceptors (Lipinski definition) is 4. The predicted molar refractivity (Wildman–Crippen MR) is 79.0 cm³/mol. The highest BCUT2D eigenvalue weighted by Crippen LogP contribution is 2.24. The fourth-order valence-electron chi connectivity index (χ4n) is 1.87. The minimum atomic E-state index is -0.571. The molecule has 2 aromatic rings. The number of carbonyl (C=O) groups excluding carboxylic acids is 1. The smallest absolute Gasteiger partial charge is 0.343 e. The van der Waals surface area contributed by atoms with Crippen molar-refractivity contribution in [2.75, 3.05) is 0 Å². The molecule has 2 rings (SSSR count). The summed E-state index contributed by atoms with van der Waals surface area (Å²) in [5.41, 5.74) is 1.36. The van der Waals surface area contributed by atoms with E-state index < -0.39 is 10.9 Å². The Morgan fingerprint density at radius 3 is 2.43 bits per heavy atom. The van der Waals surface area contributed by atoms with Crippen LogP contribution in [0.2, 0.25) is 5.02 Å². The monoisotopic (exact) mass is 305 g/mol. The van der Waals surface area contributed by atoms with E-state index in [2.05, 4.69) is 0 Å². The summed E-state index contributed by atoms with van der Waals surface area (Å²) in [7, 11) is 0. The van der Waals surface area contributed by atoms with Crippen molar-refractivity contribution in [1.29, 1.82) is 0 Å². The van der Waals surface area contributed by atoms with Gasteiger partial charge in [0.15, 0.2) is 0 Å².